The van der Waals surface area contributed by atoms with E-state index in [0.29, 0.717) is 17.3 Å². The van der Waals surface area contributed by atoms with Crippen LogP contribution in [0.1, 0.15) is 26.3 Å². The lowest BCUT2D eigenvalue weighted by Gasteiger charge is -2.30. The summed E-state index contributed by atoms with van der Waals surface area (Å²) in [6.45, 7) is 5.75. The third-order valence-corrected chi connectivity index (χ3v) is 7.31. The van der Waals surface area contributed by atoms with Gasteiger partial charge in [-0.25, -0.2) is 8.42 Å². The normalized spacial score (nSPS) is 12.5. The molecule has 0 aliphatic heterocycles. The number of ether oxygens (including phenoxy) is 1. The molecule has 0 spiro atoms. The first kappa shape index (κ1) is 27.6. The summed E-state index contributed by atoms with van der Waals surface area (Å²) in [5.74, 6) is 0.109. The van der Waals surface area contributed by atoms with Crippen molar-refractivity contribution < 1.29 is 22.7 Å². The molecule has 34 heavy (non-hydrogen) atoms. The van der Waals surface area contributed by atoms with Crippen LogP contribution in [0, 0.1) is 5.92 Å². The lowest BCUT2D eigenvalue weighted by molar-refractivity contribution is -0.140. The van der Waals surface area contributed by atoms with E-state index in [4.69, 9.17) is 16.3 Å². The summed E-state index contributed by atoms with van der Waals surface area (Å²) in [5, 5.41) is 3.25. The minimum atomic E-state index is -3.92. The molecule has 10 heteroatoms. The molecule has 2 aromatic rings. The lowest BCUT2D eigenvalue weighted by atomic mass is 10.1. The second-order valence-corrected chi connectivity index (χ2v) is 10.9. The summed E-state index contributed by atoms with van der Waals surface area (Å²) in [6.07, 6.45) is 0. The summed E-state index contributed by atoms with van der Waals surface area (Å²) in [5.41, 5.74) is 0.779. The molecule has 0 bridgehead atoms. The molecular formula is C24H32ClN3O5S. The van der Waals surface area contributed by atoms with Crippen molar-refractivity contribution >= 4 is 33.4 Å². The van der Waals surface area contributed by atoms with Gasteiger partial charge in [-0.3, -0.25) is 9.59 Å². The molecule has 1 N–H and O–H groups in total. The number of carbonyl (C=O) groups is 2. The van der Waals surface area contributed by atoms with Crippen LogP contribution in [0.2, 0.25) is 5.02 Å². The van der Waals surface area contributed by atoms with Gasteiger partial charge in [0.2, 0.25) is 21.8 Å². The summed E-state index contributed by atoms with van der Waals surface area (Å²) < 4.78 is 32.0. The zero-order valence-electron chi connectivity index (χ0n) is 20.1. The summed E-state index contributed by atoms with van der Waals surface area (Å²) >= 11 is 5.86. The highest BCUT2D eigenvalue weighted by molar-refractivity contribution is 7.89. The van der Waals surface area contributed by atoms with Crippen LogP contribution in [-0.4, -0.2) is 62.7 Å². The summed E-state index contributed by atoms with van der Waals surface area (Å²) in [7, 11) is -1.03. The molecule has 0 saturated carbocycles. The van der Waals surface area contributed by atoms with Crippen molar-refractivity contribution in [2.75, 3.05) is 27.2 Å². The first-order valence-corrected chi connectivity index (χ1v) is 12.7. The Morgan fingerprint density at radius 2 is 1.62 bits per heavy atom. The largest absolute Gasteiger partial charge is 0.497 e. The Balaban J connectivity index is 2.25. The number of sulfonamides is 1. The van der Waals surface area contributed by atoms with Crippen molar-refractivity contribution in [2.45, 2.75) is 38.3 Å². The van der Waals surface area contributed by atoms with Crippen LogP contribution in [0.15, 0.2) is 53.4 Å². The number of carbonyl (C=O) groups excluding carboxylic acids is 2. The van der Waals surface area contributed by atoms with E-state index in [2.05, 4.69) is 5.32 Å². The number of likely N-dealkylation sites (N-methyl/N-ethyl adjacent to an activating group) is 1. The smallest absolute Gasteiger partial charge is 0.243 e. The number of benzene rings is 2. The Kier molecular flexibility index (Phi) is 9.90. The average Bonchev–Trinajstić information content (AvgIpc) is 2.81. The van der Waals surface area contributed by atoms with Gasteiger partial charge in [0, 0.05) is 25.2 Å². The average molecular weight is 510 g/mol. The highest BCUT2D eigenvalue weighted by atomic mass is 35.5. The molecule has 2 aromatic carbocycles. The molecule has 0 heterocycles. The van der Waals surface area contributed by atoms with Gasteiger partial charge in [0.1, 0.15) is 11.8 Å². The van der Waals surface area contributed by atoms with E-state index in [-0.39, 0.29) is 23.3 Å². The number of nitrogens with zero attached hydrogens (tertiary/aromatic N) is 2. The molecule has 0 saturated heterocycles. The first-order chi connectivity index (χ1) is 15.9. The fourth-order valence-electron chi connectivity index (χ4n) is 3.12. The van der Waals surface area contributed by atoms with Crippen LogP contribution >= 0.6 is 11.6 Å². The number of nitrogens with one attached hydrogen (secondary N) is 1. The van der Waals surface area contributed by atoms with Gasteiger partial charge in [0.25, 0.3) is 0 Å². The van der Waals surface area contributed by atoms with Gasteiger partial charge in [0.05, 0.1) is 18.6 Å². The van der Waals surface area contributed by atoms with E-state index in [1.807, 2.05) is 13.8 Å². The van der Waals surface area contributed by atoms with Gasteiger partial charge in [-0.05, 0) is 54.8 Å². The van der Waals surface area contributed by atoms with Gasteiger partial charge in [0.15, 0.2) is 0 Å². The summed E-state index contributed by atoms with van der Waals surface area (Å²) in [4.78, 5) is 27.4. The minimum Gasteiger partial charge on any atom is -0.497 e. The third kappa shape index (κ3) is 7.44. The molecule has 8 nitrogen and oxygen atoms in total. The van der Waals surface area contributed by atoms with Gasteiger partial charge in [-0.15, -0.1) is 0 Å². The second kappa shape index (κ2) is 12.2. The number of hydrogen-bond donors (Lipinski definition) is 1. The van der Waals surface area contributed by atoms with Crippen LogP contribution in [-0.2, 0) is 26.2 Å². The van der Waals surface area contributed by atoms with E-state index < -0.39 is 28.5 Å². The van der Waals surface area contributed by atoms with Gasteiger partial charge < -0.3 is 15.0 Å². The maximum atomic E-state index is 13.3. The van der Waals surface area contributed by atoms with Crippen LogP contribution in [0.4, 0.5) is 0 Å². The molecule has 0 radical (unpaired) electrons. The van der Waals surface area contributed by atoms with Crippen LogP contribution < -0.4 is 10.1 Å². The number of halogens is 1. The van der Waals surface area contributed by atoms with Crippen LogP contribution in [0.25, 0.3) is 0 Å². The zero-order valence-corrected chi connectivity index (χ0v) is 21.7. The van der Waals surface area contributed by atoms with Crippen LogP contribution in [0.3, 0.4) is 0 Å². The highest BCUT2D eigenvalue weighted by Crippen LogP contribution is 2.19. The molecule has 2 amide bonds. The molecule has 2 rings (SSSR count). The Morgan fingerprint density at radius 3 is 2.15 bits per heavy atom. The van der Waals surface area contributed by atoms with E-state index >= 15 is 0 Å². The van der Waals surface area contributed by atoms with Gasteiger partial charge in [-0.2, -0.15) is 4.31 Å². The van der Waals surface area contributed by atoms with Crippen molar-refractivity contribution in [3.05, 3.63) is 59.1 Å². The van der Waals surface area contributed by atoms with Gasteiger partial charge in [-0.1, -0.05) is 37.6 Å². The van der Waals surface area contributed by atoms with Crippen LogP contribution in [0.5, 0.6) is 5.75 Å². The fraction of sp³-hybridized carbons (Fsp3) is 0.417. The number of hydrogen-bond acceptors (Lipinski definition) is 5. The zero-order chi connectivity index (χ0) is 25.5. The summed E-state index contributed by atoms with van der Waals surface area (Å²) in [6, 6.07) is 12.0. The monoisotopic (exact) mass is 509 g/mol. The number of methoxy groups -OCH3 is 1. The van der Waals surface area contributed by atoms with Crippen molar-refractivity contribution in [2.24, 2.45) is 5.92 Å². The molecule has 0 aliphatic rings. The highest BCUT2D eigenvalue weighted by Gasteiger charge is 2.30. The Morgan fingerprint density at radius 1 is 1.03 bits per heavy atom. The fourth-order valence-corrected chi connectivity index (χ4v) is 4.36. The van der Waals surface area contributed by atoms with Crippen molar-refractivity contribution in [1.29, 1.82) is 0 Å². The second-order valence-electron chi connectivity index (χ2n) is 8.40. The van der Waals surface area contributed by atoms with Crippen molar-refractivity contribution in [3.63, 3.8) is 0 Å². The molecular weight excluding hydrogens is 478 g/mol. The maximum absolute atomic E-state index is 13.3. The minimum absolute atomic E-state index is 0.0247. The van der Waals surface area contributed by atoms with Crippen molar-refractivity contribution in [1.82, 2.24) is 14.5 Å². The Labute approximate surface area is 206 Å². The Hall–Kier alpha value is -2.62. The topological polar surface area (TPSA) is 96.0 Å². The molecule has 0 aromatic heterocycles. The van der Waals surface area contributed by atoms with E-state index in [9.17, 15) is 18.0 Å². The molecule has 0 aliphatic carbocycles. The van der Waals surface area contributed by atoms with Crippen molar-refractivity contribution in [3.8, 4) is 5.75 Å². The number of rotatable bonds is 11. The quantitative estimate of drug-likeness (QED) is 0.502. The molecule has 0 fully saturated rings. The molecule has 1 atom stereocenters. The molecule has 0 unspecified atom stereocenters. The predicted octanol–water partition coefficient (Wildman–Crippen LogP) is 3.16. The van der Waals surface area contributed by atoms with Gasteiger partial charge >= 0.3 is 0 Å². The van der Waals surface area contributed by atoms with E-state index in [1.54, 1.807) is 38.3 Å². The van der Waals surface area contributed by atoms with E-state index in [0.717, 1.165) is 9.87 Å². The number of amides is 2. The third-order valence-electron chi connectivity index (χ3n) is 5.24. The Bertz CT molecular complexity index is 1070. The van der Waals surface area contributed by atoms with E-state index in [1.165, 1.54) is 36.2 Å². The maximum Gasteiger partial charge on any atom is 0.243 e. The lowest BCUT2D eigenvalue weighted by Crippen LogP contribution is -2.51. The SMILES string of the molecule is COc1ccc(CN(C(=O)CN(C)S(=O)(=O)c2ccc(Cl)cc2)[C@@H](C)C(=O)NCC(C)C)cc1. The first-order valence-electron chi connectivity index (χ1n) is 10.9. The standard InChI is InChI=1S/C24H32ClN3O5S/c1-17(2)14-26-24(30)18(3)28(15-19-6-10-21(33-5)11-7-19)23(29)16-27(4)34(31,32)22-12-8-20(25)9-13-22/h6-13,17-18H,14-16H2,1-5H3,(H,26,30)/t18-/m0/s1. The predicted molar refractivity (Wildman–Crippen MR) is 132 cm³/mol. The molecule has 186 valence electrons.